The van der Waals surface area contributed by atoms with E-state index in [4.69, 9.17) is 23.7 Å². The molecule has 218 valence electrons. The lowest BCUT2D eigenvalue weighted by molar-refractivity contribution is -0.149. The highest BCUT2D eigenvalue weighted by Gasteiger charge is 2.17. The average molecular weight is 627 g/mol. The van der Waals surface area contributed by atoms with Gasteiger partial charge in [0.2, 0.25) is 0 Å². The highest BCUT2D eigenvalue weighted by atomic mass is 79.9. The van der Waals surface area contributed by atoms with E-state index >= 15 is 0 Å². The number of fused-ring (bicyclic) bond motifs is 1. The van der Waals surface area contributed by atoms with Crippen molar-refractivity contribution in [3.8, 4) is 22.8 Å². The molecule has 9 heteroatoms. The lowest BCUT2D eigenvalue weighted by Crippen LogP contribution is -2.16. The maximum atomic E-state index is 11.2. The standard InChI is InChI=1S/C32H36BrNO7/c1-3-40-31(36)22-39-17-16-37-14-15-38-18-19-41-28-11-4-24(5-12-28)21-34-30-13-10-27(35)20-29(30)23(2)32(34)25-6-8-26(33)9-7-25/h4-13,20,35H,3,14-19,21-22H2,1-2H3. The smallest absolute Gasteiger partial charge is 0.332 e. The molecule has 4 aromatic rings. The summed E-state index contributed by atoms with van der Waals surface area (Å²) in [4.78, 5) is 11.2. The van der Waals surface area contributed by atoms with Crippen LogP contribution in [0.4, 0.5) is 0 Å². The number of carbonyl (C=O) groups excluding carboxylic acids is 1. The van der Waals surface area contributed by atoms with Crippen molar-refractivity contribution in [2.75, 3.05) is 52.9 Å². The van der Waals surface area contributed by atoms with E-state index in [2.05, 4.69) is 51.7 Å². The molecule has 0 aliphatic rings. The van der Waals surface area contributed by atoms with Gasteiger partial charge < -0.3 is 33.4 Å². The Kier molecular flexibility index (Phi) is 11.6. The second kappa shape index (κ2) is 15.6. The quantitative estimate of drug-likeness (QED) is 0.118. The fourth-order valence-electron chi connectivity index (χ4n) is 4.54. The van der Waals surface area contributed by atoms with Crippen LogP contribution in [0.25, 0.3) is 22.2 Å². The monoisotopic (exact) mass is 625 g/mol. The minimum Gasteiger partial charge on any atom is -0.508 e. The Labute approximate surface area is 248 Å². The summed E-state index contributed by atoms with van der Waals surface area (Å²) in [6.07, 6.45) is 0. The number of phenols is 1. The van der Waals surface area contributed by atoms with Crippen molar-refractivity contribution >= 4 is 32.8 Å². The SMILES string of the molecule is CCOC(=O)COCCOCCOCCOc1ccc(Cn2c(-c3ccc(Br)cc3)c(C)c3cc(O)ccc32)cc1. The van der Waals surface area contributed by atoms with Crippen molar-refractivity contribution < 1.29 is 33.6 Å². The Balaban J connectivity index is 1.24. The van der Waals surface area contributed by atoms with Crippen LogP contribution in [0.3, 0.4) is 0 Å². The Morgan fingerprint density at radius 2 is 1.51 bits per heavy atom. The summed E-state index contributed by atoms with van der Waals surface area (Å²) in [6, 6.07) is 21.9. The maximum absolute atomic E-state index is 11.2. The van der Waals surface area contributed by atoms with Gasteiger partial charge in [0.05, 0.1) is 45.3 Å². The van der Waals surface area contributed by atoms with Gasteiger partial charge in [0.15, 0.2) is 0 Å². The van der Waals surface area contributed by atoms with Crippen LogP contribution in [0.15, 0.2) is 71.2 Å². The third-order valence-corrected chi connectivity index (χ3v) is 6.98. The van der Waals surface area contributed by atoms with E-state index in [1.54, 1.807) is 13.0 Å². The predicted molar refractivity (Wildman–Crippen MR) is 162 cm³/mol. The van der Waals surface area contributed by atoms with Crippen LogP contribution >= 0.6 is 15.9 Å². The van der Waals surface area contributed by atoms with Gasteiger partial charge in [-0.3, -0.25) is 0 Å². The fraction of sp³-hybridized carbons (Fsp3) is 0.344. The van der Waals surface area contributed by atoms with E-state index in [1.165, 1.54) is 0 Å². The third kappa shape index (κ3) is 8.81. The number of nitrogens with zero attached hydrogens (tertiary/aromatic N) is 1. The summed E-state index contributed by atoms with van der Waals surface area (Å²) in [5, 5.41) is 11.2. The van der Waals surface area contributed by atoms with Crippen molar-refractivity contribution in [1.29, 1.82) is 0 Å². The zero-order valence-electron chi connectivity index (χ0n) is 23.4. The molecule has 0 saturated heterocycles. The van der Waals surface area contributed by atoms with E-state index in [0.29, 0.717) is 52.8 Å². The number of carbonyl (C=O) groups is 1. The number of hydrogen-bond donors (Lipinski definition) is 1. The third-order valence-electron chi connectivity index (χ3n) is 6.45. The molecule has 3 aromatic carbocycles. The van der Waals surface area contributed by atoms with Gasteiger partial charge in [-0.25, -0.2) is 4.79 Å². The average Bonchev–Trinajstić information content (AvgIpc) is 3.23. The number of aryl methyl sites for hydroxylation is 1. The van der Waals surface area contributed by atoms with Gasteiger partial charge >= 0.3 is 5.97 Å². The minimum atomic E-state index is -0.372. The van der Waals surface area contributed by atoms with E-state index in [-0.39, 0.29) is 18.3 Å². The Morgan fingerprint density at radius 1 is 0.854 bits per heavy atom. The summed E-state index contributed by atoms with van der Waals surface area (Å²) in [6.45, 7) is 7.29. The molecule has 1 aromatic heterocycles. The first-order chi connectivity index (χ1) is 20.0. The molecular formula is C32H36BrNO7. The lowest BCUT2D eigenvalue weighted by atomic mass is 10.1. The number of phenolic OH excluding ortho intramolecular Hbond substituents is 1. The molecule has 0 aliphatic heterocycles. The van der Waals surface area contributed by atoms with Gasteiger partial charge in [-0.15, -0.1) is 0 Å². The Hall–Kier alpha value is -3.37. The van der Waals surface area contributed by atoms with Crippen molar-refractivity contribution in [1.82, 2.24) is 4.57 Å². The van der Waals surface area contributed by atoms with Crippen LogP contribution in [0.2, 0.25) is 0 Å². The highest BCUT2D eigenvalue weighted by Crippen LogP contribution is 2.36. The van der Waals surface area contributed by atoms with E-state index in [0.717, 1.165) is 43.5 Å². The van der Waals surface area contributed by atoms with Crippen molar-refractivity contribution in [2.45, 2.75) is 20.4 Å². The number of benzene rings is 3. The van der Waals surface area contributed by atoms with Crippen LogP contribution in [-0.2, 0) is 30.3 Å². The molecule has 0 unspecified atom stereocenters. The van der Waals surface area contributed by atoms with E-state index in [1.807, 2.05) is 36.4 Å². The van der Waals surface area contributed by atoms with Crippen molar-refractivity contribution in [2.24, 2.45) is 0 Å². The number of halogens is 1. The summed E-state index contributed by atoms with van der Waals surface area (Å²) in [5.41, 5.74) is 5.59. The molecule has 4 rings (SSSR count). The molecule has 0 aliphatic carbocycles. The minimum absolute atomic E-state index is 0.0621. The highest BCUT2D eigenvalue weighted by molar-refractivity contribution is 9.10. The predicted octanol–water partition coefficient (Wildman–Crippen LogP) is 6.12. The van der Waals surface area contributed by atoms with Gasteiger partial charge in [0.1, 0.15) is 24.7 Å². The molecule has 1 N–H and O–H groups in total. The molecule has 1 heterocycles. The molecule has 8 nitrogen and oxygen atoms in total. The lowest BCUT2D eigenvalue weighted by Gasteiger charge is -2.13. The van der Waals surface area contributed by atoms with Crippen LogP contribution < -0.4 is 4.74 Å². The van der Waals surface area contributed by atoms with Gasteiger partial charge in [-0.1, -0.05) is 40.2 Å². The number of aromatic hydroxyl groups is 1. The van der Waals surface area contributed by atoms with E-state index < -0.39 is 0 Å². The number of aromatic nitrogens is 1. The first-order valence-electron chi connectivity index (χ1n) is 13.6. The van der Waals surface area contributed by atoms with Gasteiger partial charge in [0, 0.05) is 21.9 Å². The number of ether oxygens (including phenoxy) is 5. The van der Waals surface area contributed by atoms with Crippen LogP contribution in [0.5, 0.6) is 11.5 Å². The second-order valence-corrected chi connectivity index (χ2v) is 10.3. The fourth-order valence-corrected chi connectivity index (χ4v) is 4.81. The van der Waals surface area contributed by atoms with Crippen LogP contribution in [-0.4, -0.2) is 68.5 Å². The van der Waals surface area contributed by atoms with Gasteiger partial charge in [-0.2, -0.15) is 0 Å². The summed E-state index contributed by atoms with van der Waals surface area (Å²) in [7, 11) is 0. The zero-order chi connectivity index (χ0) is 29.0. The molecule has 41 heavy (non-hydrogen) atoms. The van der Waals surface area contributed by atoms with Crippen molar-refractivity contribution in [3.63, 3.8) is 0 Å². The molecule has 0 spiro atoms. The molecule has 0 atom stereocenters. The number of esters is 1. The Morgan fingerprint density at radius 3 is 2.20 bits per heavy atom. The molecule has 0 radical (unpaired) electrons. The molecule has 0 saturated carbocycles. The number of hydrogen-bond acceptors (Lipinski definition) is 7. The molecule has 0 bridgehead atoms. The molecule has 0 fully saturated rings. The van der Waals surface area contributed by atoms with Crippen molar-refractivity contribution in [3.05, 3.63) is 82.3 Å². The van der Waals surface area contributed by atoms with Gasteiger partial charge in [-0.05, 0) is 73.0 Å². The topological polar surface area (TPSA) is 88.4 Å². The molecule has 0 amide bonds. The normalized spacial score (nSPS) is 11.2. The second-order valence-electron chi connectivity index (χ2n) is 9.34. The van der Waals surface area contributed by atoms with Crippen LogP contribution in [0, 0.1) is 6.92 Å². The number of rotatable bonds is 16. The summed E-state index contributed by atoms with van der Waals surface area (Å²) < 4.78 is 30.1. The first kappa shape index (κ1) is 30.6. The first-order valence-corrected chi connectivity index (χ1v) is 14.4. The summed E-state index contributed by atoms with van der Waals surface area (Å²) >= 11 is 3.53. The van der Waals surface area contributed by atoms with Crippen LogP contribution in [0.1, 0.15) is 18.1 Å². The zero-order valence-corrected chi connectivity index (χ0v) is 25.0. The summed E-state index contributed by atoms with van der Waals surface area (Å²) in [5.74, 6) is 0.664. The largest absolute Gasteiger partial charge is 0.508 e. The van der Waals surface area contributed by atoms with E-state index in [9.17, 15) is 9.90 Å². The molecular weight excluding hydrogens is 590 g/mol. The van der Waals surface area contributed by atoms with Gasteiger partial charge in [0.25, 0.3) is 0 Å². The maximum Gasteiger partial charge on any atom is 0.332 e. The Bertz CT molecular complexity index is 1400.